The molecule has 0 unspecified atom stereocenters. The lowest BCUT2D eigenvalue weighted by atomic mass is 10.4. The van der Waals surface area contributed by atoms with Crippen molar-refractivity contribution in [3.63, 3.8) is 0 Å². The summed E-state index contributed by atoms with van der Waals surface area (Å²) < 4.78 is 25.5. The van der Waals surface area contributed by atoms with Gasteiger partial charge >= 0.3 is 0 Å². The molecule has 0 bridgehead atoms. The largest absolute Gasteiger partial charge is 0.314 e. The smallest absolute Gasteiger partial charge is 0.212 e. The summed E-state index contributed by atoms with van der Waals surface area (Å²) in [6, 6.07) is 0. The molecule has 1 rings (SSSR count). The Kier molecular flexibility index (Phi) is 5.52. The first-order valence-corrected chi connectivity index (χ1v) is 7.19. The van der Waals surface area contributed by atoms with Gasteiger partial charge in [0, 0.05) is 39.3 Å². The summed E-state index contributed by atoms with van der Waals surface area (Å²) in [5.41, 5.74) is 0. The predicted molar refractivity (Wildman–Crippen MR) is 61.4 cm³/mol. The molecule has 0 amide bonds. The van der Waals surface area contributed by atoms with Crippen LogP contribution in [0.1, 0.15) is 13.3 Å². The Morgan fingerprint density at radius 2 is 2.00 bits per heavy atom. The van der Waals surface area contributed by atoms with Crippen LogP contribution < -0.4 is 10.0 Å². The van der Waals surface area contributed by atoms with Crippen molar-refractivity contribution in [2.24, 2.45) is 0 Å². The molecule has 1 heterocycles. The van der Waals surface area contributed by atoms with Gasteiger partial charge in [-0.25, -0.2) is 13.1 Å². The zero-order valence-electron chi connectivity index (χ0n) is 9.33. The molecule has 0 spiro atoms. The molecule has 0 atom stereocenters. The molecular weight excluding hydrogens is 214 g/mol. The van der Waals surface area contributed by atoms with Gasteiger partial charge in [0.1, 0.15) is 0 Å². The van der Waals surface area contributed by atoms with E-state index in [0.29, 0.717) is 13.1 Å². The van der Waals surface area contributed by atoms with Crippen LogP contribution in [0.2, 0.25) is 0 Å². The van der Waals surface area contributed by atoms with Crippen LogP contribution in [0.4, 0.5) is 0 Å². The first-order valence-electron chi connectivity index (χ1n) is 5.54. The molecule has 0 aromatic rings. The molecule has 15 heavy (non-hydrogen) atoms. The Balaban J connectivity index is 2.22. The van der Waals surface area contributed by atoms with E-state index in [4.69, 9.17) is 0 Å². The monoisotopic (exact) mass is 235 g/mol. The van der Waals surface area contributed by atoms with Gasteiger partial charge in [0.25, 0.3) is 0 Å². The standard InChI is InChI=1S/C9H21N3O2S/c1-2-3-11-15(13,14)9-8-12-6-4-10-5-7-12/h10-11H,2-9H2,1H3. The number of sulfonamides is 1. The number of hydrogen-bond donors (Lipinski definition) is 2. The van der Waals surface area contributed by atoms with Crippen LogP contribution in [0.15, 0.2) is 0 Å². The van der Waals surface area contributed by atoms with Crippen molar-refractivity contribution in [2.45, 2.75) is 13.3 Å². The maximum absolute atomic E-state index is 11.5. The summed E-state index contributed by atoms with van der Waals surface area (Å²) in [6.07, 6.45) is 0.840. The molecule has 1 saturated heterocycles. The molecule has 1 aliphatic heterocycles. The van der Waals surface area contributed by atoms with E-state index in [-0.39, 0.29) is 5.75 Å². The average Bonchev–Trinajstić information content (AvgIpc) is 2.25. The Morgan fingerprint density at radius 1 is 1.33 bits per heavy atom. The average molecular weight is 235 g/mol. The molecular formula is C9H21N3O2S. The second-order valence-electron chi connectivity index (χ2n) is 3.80. The first-order chi connectivity index (χ1) is 7.14. The number of rotatable bonds is 6. The normalized spacial score (nSPS) is 19.3. The van der Waals surface area contributed by atoms with E-state index in [0.717, 1.165) is 32.6 Å². The van der Waals surface area contributed by atoms with Gasteiger partial charge in [0.05, 0.1) is 5.75 Å². The van der Waals surface area contributed by atoms with Crippen molar-refractivity contribution in [3.8, 4) is 0 Å². The van der Waals surface area contributed by atoms with Gasteiger partial charge in [-0.05, 0) is 6.42 Å². The fourth-order valence-electron chi connectivity index (χ4n) is 1.51. The quantitative estimate of drug-likeness (QED) is 0.634. The summed E-state index contributed by atoms with van der Waals surface area (Å²) in [4.78, 5) is 2.18. The van der Waals surface area contributed by atoms with Crippen LogP contribution in [0.5, 0.6) is 0 Å². The van der Waals surface area contributed by atoms with E-state index in [1.54, 1.807) is 0 Å². The molecule has 0 aliphatic carbocycles. The van der Waals surface area contributed by atoms with Crippen LogP contribution in [0, 0.1) is 0 Å². The Labute approximate surface area is 92.3 Å². The molecule has 1 aliphatic rings. The molecule has 6 heteroatoms. The van der Waals surface area contributed by atoms with Crippen molar-refractivity contribution < 1.29 is 8.42 Å². The third kappa shape index (κ3) is 5.46. The number of piperazine rings is 1. The SMILES string of the molecule is CCCNS(=O)(=O)CCN1CCNCC1. The minimum absolute atomic E-state index is 0.215. The van der Waals surface area contributed by atoms with Gasteiger partial charge in [-0.1, -0.05) is 6.92 Å². The minimum Gasteiger partial charge on any atom is -0.314 e. The minimum atomic E-state index is -3.06. The van der Waals surface area contributed by atoms with E-state index in [1.807, 2.05) is 6.92 Å². The molecule has 0 saturated carbocycles. The van der Waals surface area contributed by atoms with Crippen LogP contribution in [0.3, 0.4) is 0 Å². The van der Waals surface area contributed by atoms with Crippen molar-refractivity contribution in [2.75, 3.05) is 45.0 Å². The van der Waals surface area contributed by atoms with Crippen LogP contribution in [-0.4, -0.2) is 58.3 Å². The summed E-state index contributed by atoms with van der Waals surface area (Å²) >= 11 is 0. The second kappa shape index (κ2) is 6.42. The lowest BCUT2D eigenvalue weighted by Gasteiger charge is -2.26. The summed E-state index contributed by atoms with van der Waals surface area (Å²) in [6.45, 7) is 6.96. The van der Waals surface area contributed by atoms with Gasteiger partial charge in [0.15, 0.2) is 0 Å². The Hall–Kier alpha value is -0.170. The maximum Gasteiger partial charge on any atom is 0.212 e. The highest BCUT2D eigenvalue weighted by Crippen LogP contribution is 1.94. The van der Waals surface area contributed by atoms with Crippen molar-refractivity contribution in [3.05, 3.63) is 0 Å². The summed E-state index contributed by atoms with van der Waals surface area (Å²) in [5, 5.41) is 3.24. The predicted octanol–water partition coefficient (Wildman–Crippen LogP) is -0.779. The molecule has 0 aromatic carbocycles. The lowest BCUT2D eigenvalue weighted by Crippen LogP contribution is -2.45. The van der Waals surface area contributed by atoms with E-state index in [2.05, 4.69) is 14.9 Å². The molecule has 5 nitrogen and oxygen atoms in total. The highest BCUT2D eigenvalue weighted by Gasteiger charge is 2.14. The number of nitrogens with zero attached hydrogens (tertiary/aromatic N) is 1. The van der Waals surface area contributed by atoms with Crippen LogP contribution in [-0.2, 0) is 10.0 Å². The van der Waals surface area contributed by atoms with E-state index < -0.39 is 10.0 Å². The first kappa shape index (κ1) is 12.9. The van der Waals surface area contributed by atoms with E-state index >= 15 is 0 Å². The topological polar surface area (TPSA) is 61.4 Å². The number of nitrogens with one attached hydrogen (secondary N) is 2. The zero-order valence-corrected chi connectivity index (χ0v) is 10.1. The highest BCUT2D eigenvalue weighted by molar-refractivity contribution is 7.89. The molecule has 0 aromatic heterocycles. The molecule has 90 valence electrons. The van der Waals surface area contributed by atoms with Crippen molar-refractivity contribution >= 4 is 10.0 Å². The zero-order chi connectivity index (χ0) is 11.1. The van der Waals surface area contributed by atoms with Gasteiger partial charge in [-0.15, -0.1) is 0 Å². The molecule has 2 N–H and O–H groups in total. The second-order valence-corrected chi connectivity index (χ2v) is 5.73. The van der Waals surface area contributed by atoms with Crippen LogP contribution >= 0.6 is 0 Å². The van der Waals surface area contributed by atoms with E-state index in [1.165, 1.54) is 0 Å². The van der Waals surface area contributed by atoms with Crippen molar-refractivity contribution in [1.29, 1.82) is 0 Å². The van der Waals surface area contributed by atoms with Crippen LogP contribution in [0.25, 0.3) is 0 Å². The third-order valence-electron chi connectivity index (χ3n) is 2.46. The van der Waals surface area contributed by atoms with Gasteiger partial charge in [-0.2, -0.15) is 0 Å². The van der Waals surface area contributed by atoms with Crippen molar-refractivity contribution in [1.82, 2.24) is 14.9 Å². The third-order valence-corrected chi connectivity index (χ3v) is 3.82. The molecule has 0 radical (unpaired) electrons. The fourth-order valence-corrected chi connectivity index (χ4v) is 2.67. The molecule has 1 fully saturated rings. The maximum atomic E-state index is 11.5. The van der Waals surface area contributed by atoms with Gasteiger partial charge < -0.3 is 5.32 Å². The van der Waals surface area contributed by atoms with E-state index in [9.17, 15) is 8.42 Å². The summed E-state index contributed by atoms with van der Waals surface area (Å²) in [7, 11) is -3.06. The highest BCUT2D eigenvalue weighted by atomic mass is 32.2. The summed E-state index contributed by atoms with van der Waals surface area (Å²) in [5.74, 6) is 0.215. The van der Waals surface area contributed by atoms with Gasteiger partial charge in [-0.3, -0.25) is 4.90 Å². The fraction of sp³-hybridized carbons (Fsp3) is 1.00. The lowest BCUT2D eigenvalue weighted by molar-refractivity contribution is 0.253. The number of hydrogen-bond acceptors (Lipinski definition) is 4. The van der Waals surface area contributed by atoms with Gasteiger partial charge in [0.2, 0.25) is 10.0 Å². The Bertz CT molecular complexity index is 261. The Morgan fingerprint density at radius 3 is 2.60 bits per heavy atom.